The maximum absolute atomic E-state index is 11.9. The lowest BCUT2D eigenvalue weighted by atomic mass is 9.94. The number of nitro groups is 1. The van der Waals surface area contributed by atoms with E-state index in [9.17, 15) is 45.2 Å². The Morgan fingerprint density at radius 2 is 1.42 bits per heavy atom. The molecule has 0 spiro atoms. The molecule has 16 nitrogen and oxygen atoms in total. The van der Waals surface area contributed by atoms with Crippen molar-refractivity contribution in [3.8, 4) is 5.75 Å². The summed E-state index contributed by atoms with van der Waals surface area (Å²) in [4.78, 5) is 33.9. The minimum atomic E-state index is -1.63. The molecular formula is C22H31N3O13. The fourth-order valence-electron chi connectivity index (χ4n) is 4.25. The highest BCUT2D eigenvalue weighted by molar-refractivity contribution is 5.73. The number of nitrogens with one attached hydrogen (secondary N) is 2. The molecule has 0 aromatic heterocycles. The van der Waals surface area contributed by atoms with Crippen LogP contribution in [0.3, 0.4) is 0 Å². The number of benzene rings is 1. The predicted molar refractivity (Wildman–Crippen MR) is 123 cm³/mol. The van der Waals surface area contributed by atoms with Gasteiger partial charge in [-0.2, -0.15) is 0 Å². The maximum Gasteiger partial charge on any atom is 0.269 e. The number of carbonyl (C=O) groups is 2. The van der Waals surface area contributed by atoms with Crippen molar-refractivity contribution in [1.82, 2.24) is 10.6 Å². The molecule has 3 rings (SSSR count). The highest BCUT2D eigenvalue weighted by Crippen LogP contribution is 2.31. The van der Waals surface area contributed by atoms with Gasteiger partial charge in [-0.15, -0.1) is 0 Å². The molecule has 7 N–H and O–H groups in total. The molecule has 2 aliphatic heterocycles. The standard InChI is InChI=1S/C22H31N3O13/c1-9(28)23-15-18(31)17(30)13(7-26)36-22(15)38-20-14(8-27)37-21(16(19(20)32)24-10(2)29)35-12-5-3-11(4-6-12)25(33)34/h3-6,13-22,26-27,30-32H,7-8H2,1-2H3,(H,23,28)(H,24,29)/t13-,14-,15-,16-,17+,18-,19-,20-,21-,22+/m1/s1. The van der Waals surface area contributed by atoms with Crippen molar-refractivity contribution in [2.75, 3.05) is 13.2 Å². The summed E-state index contributed by atoms with van der Waals surface area (Å²) >= 11 is 0. The predicted octanol–water partition coefficient (Wildman–Crippen LogP) is -3.11. The van der Waals surface area contributed by atoms with E-state index in [0.29, 0.717) is 0 Å². The largest absolute Gasteiger partial charge is 0.463 e. The number of aliphatic hydroxyl groups excluding tert-OH is 5. The van der Waals surface area contributed by atoms with Crippen molar-refractivity contribution in [3.63, 3.8) is 0 Å². The molecule has 2 heterocycles. The van der Waals surface area contributed by atoms with E-state index in [0.717, 1.165) is 6.92 Å². The van der Waals surface area contributed by atoms with Crippen molar-refractivity contribution in [2.24, 2.45) is 0 Å². The highest BCUT2D eigenvalue weighted by Gasteiger charge is 2.52. The number of rotatable bonds is 9. The van der Waals surface area contributed by atoms with Gasteiger partial charge in [0, 0.05) is 26.0 Å². The third-order valence-corrected chi connectivity index (χ3v) is 6.06. The molecule has 2 saturated heterocycles. The van der Waals surface area contributed by atoms with Crippen LogP contribution in [0.25, 0.3) is 0 Å². The first-order valence-corrected chi connectivity index (χ1v) is 11.6. The van der Waals surface area contributed by atoms with Gasteiger partial charge in [-0.25, -0.2) is 0 Å². The monoisotopic (exact) mass is 545 g/mol. The Labute approximate surface area is 216 Å². The van der Waals surface area contributed by atoms with Gasteiger partial charge in [0.25, 0.3) is 5.69 Å². The van der Waals surface area contributed by atoms with E-state index >= 15 is 0 Å². The summed E-state index contributed by atoms with van der Waals surface area (Å²) in [5.74, 6) is -1.09. The number of non-ortho nitro benzene ring substituents is 1. The lowest BCUT2D eigenvalue weighted by molar-refractivity contribution is -0.384. The summed E-state index contributed by atoms with van der Waals surface area (Å²) in [6, 6.07) is 2.29. The topological polar surface area (TPSA) is 239 Å². The van der Waals surface area contributed by atoms with Crippen LogP contribution in [0.1, 0.15) is 13.8 Å². The molecule has 16 heteroatoms. The fourth-order valence-corrected chi connectivity index (χ4v) is 4.25. The normalized spacial score (nSPS) is 35.2. The zero-order valence-electron chi connectivity index (χ0n) is 20.4. The molecule has 2 aliphatic rings. The molecule has 0 saturated carbocycles. The van der Waals surface area contributed by atoms with Crippen LogP contribution < -0.4 is 15.4 Å². The molecule has 212 valence electrons. The molecule has 0 bridgehead atoms. The van der Waals surface area contributed by atoms with Gasteiger partial charge >= 0.3 is 0 Å². The van der Waals surface area contributed by atoms with Crippen LogP contribution in [0.2, 0.25) is 0 Å². The van der Waals surface area contributed by atoms with E-state index in [-0.39, 0.29) is 11.4 Å². The number of aliphatic hydroxyl groups is 5. The van der Waals surface area contributed by atoms with Gasteiger partial charge in [-0.1, -0.05) is 0 Å². The Hall–Kier alpha value is -2.96. The van der Waals surface area contributed by atoms with Gasteiger partial charge in [0.1, 0.15) is 54.5 Å². The van der Waals surface area contributed by atoms with Crippen molar-refractivity contribution >= 4 is 17.5 Å². The van der Waals surface area contributed by atoms with Gasteiger partial charge in [0.05, 0.1) is 18.1 Å². The summed E-state index contributed by atoms with van der Waals surface area (Å²) in [5, 5.41) is 67.2. The van der Waals surface area contributed by atoms with Crippen molar-refractivity contribution < 1.29 is 59.0 Å². The lowest BCUT2D eigenvalue weighted by Crippen LogP contribution is -2.69. The lowest BCUT2D eigenvalue weighted by Gasteiger charge is -2.48. The summed E-state index contributed by atoms with van der Waals surface area (Å²) in [7, 11) is 0. The average molecular weight is 545 g/mol. The number of nitro benzene ring substituents is 1. The minimum absolute atomic E-state index is 0.100. The second-order valence-corrected chi connectivity index (χ2v) is 8.84. The quantitative estimate of drug-likeness (QED) is 0.120. The van der Waals surface area contributed by atoms with E-state index < -0.39 is 91.2 Å². The van der Waals surface area contributed by atoms with E-state index in [1.165, 1.54) is 31.2 Å². The molecule has 10 atom stereocenters. The Morgan fingerprint density at radius 3 is 1.92 bits per heavy atom. The van der Waals surface area contributed by atoms with Crippen molar-refractivity contribution in [1.29, 1.82) is 0 Å². The molecule has 2 amide bonds. The summed E-state index contributed by atoms with van der Waals surface area (Å²) < 4.78 is 22.8. The third-order valence-electron chi connectivity index (χ3n) is 6.06. The highest BCUT2D eigenvalue weighted by atomic mass is 16.7. The Balaban J connectivity index is 1.86. The van der Waals surface area contributed by atoms with Crippen LogP contribution in [0.5, 0.6) is 5.75 Å². The Morgan fingerprint density at radius 1 is 0.895 bits per heavy atom. The smallest absolute Gasteiger partial charge is 0.269 e. The van der Waals surface area contributed by atoms with E-state index in [4.69, 9.17) is 18.9 Å². The second kappa shape index (κ2) is 12.7. The third kappa shape index (κ3) is 6.72. The zero-order valence-corrected chi connectivity index (χ0v) is 20.4. The second-order valence-electron chi connectivity index (χ2n) is 8.84. The van der Waals surface area contributed by atoms with Crippen LogP contribution >= 0.6 is 0 Å². The molecule has 0 unspecified atom stereocenters. The molecule has 1 aromatic carbocycles. The van der Waals surface area contributed by atoms with Crippen LogP contribution in [0.15, 0.2) is 24.3 Å². The van der Waals surface area contributed by atoms with E-state index in [2.05, 4.69) is 10.6 Å². The zero-order chi connectivity index (χ0) is 28.1. The first kappa shape index (κ1) is 29.6. The fraction of sp³-hybridized carbons (Fsp3) is 0.636. The number of ether oxygens (including phenoxy) is 4. The average Bonchev–Trinajstić information content (AvgIpc) is 2.86. The van der Waals surface area contributed by atoms with E-state index in [1.807, 2.05) is 0 Å². The van der Waals surface area contributed by atoms with Gasteiger partial charge in [0.2, 0.25) is 18.1 Å². The number of carbonyl (C=O) groups excluding carboxylic acids is 2. The first-order valence-electron chi connectivity index (χ1n) is 11.6. The van der Waals surface area contributed by atoms with Crippen LogP contribution in [-0.4, -0.2) is 117 Å². The first-order chi connectivity index (χ1) is 18.0. The number of hydrogen-bond donors (Lipinski definition) is 7. The molecular weight excluding hydrogens is 514 g/mol. The van der Waals surface area contributed by atoms with Gasteiger partial charge in [0.15, 0.2) is 6.29 Å². The summed E-state index contributed by atoms with van der Waals surface area (Å²) in [6.07, 6.45) is -11.8. The van der Waals surface area contributed by atoms with E-state index in [1.54, 1.807) is 0 Å². The Bertz CT molecular complexity index is 980. The van der Waals surface area contributed by atoms with Crippen LogP contribution in [-0.2, 0) is 23.8 Å². The van der Waals surface area contributed by atoms with Crippen LogP contribution in [0.4, 0.5) is 5.69 Å². The summed E-state index contributed by atoms with van der Waals surface area (Å²) in [5.41, 5.74) is -0.197. The molecule has 1 aromatic rings. The SMILES string of the molecule is CC(=O)N[C@H]1[C@H](Oc2ccc([N+](=O)[O-])cc2)O[C@H](CO)[C@@H](O[C@@H]2O[C@H](CO)[C@H](O)[C@H](O)[C@H]2NC(C)=O)[C@@H]1O. The summed E-state index contributed by atoms with van der Waals surface area (Å²) in [6.45, 7) is 0.888. The van der Waals surface area contributed by atoms with Crippen molar-refractivity contribution in [3.05, 3.63) is 34.4 Å². The van der Waals surface area contributed by atoms with Gasteiger partial charge in [-0.3, -0.25) is 19.7 Å². The van der Waals surface area contributed by atoms with Gasteiger partial charge < -0.3 is 55.1 Å². The number of amides is 2. The van der Waals surface area contributed by atoms with Crippen LogP contribution in [0, 0.1) is 10.1 Å². The van der Waals surface area contributed by atoms with Gasteiger partial charge in [-0.05, 0) is 12.1 Å². The molecule has 38 heavy (non-hydrogen) atoms. The van der Waals surface area contributed by atoms with Crippen molar-refractivity contribution in [2.45, 2.75) is 75.1 Å². The molecule has 0 aliphatic carbocycles. The number of hydrogen-bond acceptors (Lipinski definition) is 13. The Kier molecular flexibility index (Phi) is 9.91. The maximum atomic E-state index is 11.9. The molecule has 2 fully saturated rings. The molecule has 0 radical (unpaired) electrons. The number of nitrogens with zero attached hydrogens (tertiary/aromatic N) is 1. The minimum Gasteiger partial charge on any atom is -0.463 e.